The summed E-state index contributed by atoms with van der Waals surface area (Å²) in [6, 6.07) is 13.5. The van der Waals surface area contributed by atoms with Gasteiger partial charge in [-0.3, -0.25) is 0 Å². The van der Waals surface area contributed by atoms with Crippen molar-refractivity contribution in [2.75, 3.05) is 7.11 Å². The first-order valence-electron chi connectivity index (χ1n) is 6.08. The zero-order valence-electron chi connectivity index (χ0n) is 11.3. The molecule has 0 aliphatic rings. The molecule has 0 atom stereocenters. The number of benzene rings is 2. The normalized spacial score (nSPS) is 11.5. The lowest BCUT2D eigenvalue weighted by Crippen LogP contribution is -2.20. The van der Waals surface area contributed by atoms with Crippen LogP contribution < -0.4 is 15.1 Å². The molecular weight excluding hydrogens is 255 g/mol. The third kappa shape index (κ3) is 3.23. The predicted octanol–water partition coefficient (Wildman–Crippen LogP) is 2.42. The number of hydrogen-bond donors (Lipinski definition) is 0. The van der Waals surface area contributed by atoms with Gasteiger partial charge in [0.15, 0.2) is 0 Å². The van der Waals surface area contributed by atoms with E-state index in [4.69, 9.17) is 4.74 Å². The Kier molecular flexibility index (Phi) is 4.36. The Bertz CT molecular complexity index is 580. The van der Waals surface area contributed by atoms with Crippen LogP contribution in [0.25, 0.3) is 0 Å². The second-order valence-corrected chi connectivity index (χ2v) is 5.53. The molecule has 0 amide bonds. The zero-order valence-corrected chi connectivity index (χ0v) is 12.2. The van der Waals surface area contributed by atoms with Crippen LogP contribution in [0.3, 0.4) is 0 Å². The van der Waals surface area contributed by atoms with E-state index in [0.717, 1.165) is 27.7 Å². The van der Waals surface area contributed by atoms with Crippen LogP contribution >= 0.6 is 8.20 Å². The molecular formula is C16H16O2P-. The second kappa shape index (κ2) is 6.01. The summed E-state index contributed by atoms with van der Waals surface area (Å²) in [5.41, 5.74) is 3.04. The average Bonchev–Trinajstić information content (AvgIpc) is 2.39. The SMILES string of the molecule is COc1ccc(P=C([O-])c2c(C)cccc2C)cc1. The molecule has 2 aromatic carbocycles. The molecule has 0 radical (unpaired) electrons. The largest absolute Gasteiger partial charge is 0.823 e. The summed E-state index contributed by atoms with van der Waals surface area (Å²) in [5.74, 6) is 0.804. The molecule has 0 heterocycles. The molecule has 3 heteroatoms. The van der Waals surface area contributed by atoms with Gasteiger partial charge in [0.05, 0.1) is 7.11 Å². The lowest BCUT2D eigenvalue weighted by atomic mass is 10.0. The van der Waals surface area contributed by atoms with Gasteiger partial charge in [-0.25, -0.2) is 0 Å². The van der Waals surface area contributed by atoms with Gasteiger partial charge in [0, 0.05) is 5.30 Å². The molecule has 0 aromatic heterocycles. The van der Waals surface area contributed by atoms with Crippen LogP contribution in [0.2, 0.25) is 0 Å². The number of ether oxygens (including phenoxy) is 1. The minimum atomic E-state index is 0.140. The smallest absolute Gasteiger partial charge is 0.118 e. The third-order valence-electron chi connectivity index (χ3n) is 3.00. The molecule has 0 unspecified atom stereocenters. The second-order valence-electron chi connectivity index (χ2n) is 4.38. The fraction of sp³-hybridized carbons (Fsp3) is 0.188. The van der Waals surface area contributed by atoms with Gasteiger partial charge in [-0.2, -0.15) is 0 Å². The molecule has 98 valence electrons. The van der Waals surface area contributed by atoms with Gasteiger partial charge in [-0.05, 0) is 54.8 Å². The molecule has 2 nitrogen and oxygen atoms in total. The minimum absolute atomic E-state index is 0.140. The molecule has 0 aliphatic heterocycles. The Hall–Kier alpha value is -1.63. The van der Waals surface area contributed by atoms with E-state index in [-0.39, 0.29) is 5.48 Å². The Labute approximate surface area is 115 Å². The van der Waals surface area contributed by atoms with E-state index in [2.05, 4.69) is 0 Å². The van der Waals surface area contributed by atoms with E-state index in [1.807, 2.05) is 56.3 Å². The van der Waals surface area contributed by atoms with Crippen LogP contribution in [0.15, 0.2) is 42.5 Å². The van der Waals surface area contributed by atoms with Gasteiger partial charge in [0.25, 0.3) is 0 Å². The molecule has 0 N–H and O–H groups in total. The van der Waals surface area contributed by atoms with E-state index in [1.54, 1.807) is 7.11 Å². The maximum atomic E-state index is 12.4. The van der Waals surface area contributed by atoms with Crippen LogP contribution in [0.4, 0.5) is 0 Å². The average molecular weight is 271 g/mol. The highest BCUT2D eigenvalue weighted by Crippen LogP contribution is 2.17. The minimum Gasteiger partial charge on any atom is -0.823 e. The summed E-state index contributed by atoms with van der Waals surface area (Å²) in [6.07, 6.45) is 0. The van der Waals surface area contributed by atoms with Crippen molar-refractivity contribution in [1.29, 1.82) is 0 Å². The lowest BCUT2D eigenvalue weighted by molar-refractivity contribution is -0.207. The van der Waals surface area contributed by atoms with Crippen molar-refractivity contribution in [3.63, 3.8) is 0 Å². The van der Waals surface area contributed by atoms with Crippen molar-refractivity contribution in [2.24, 2.45) is 0 Å². The summed E-state index contributed by atoms with van der Waals surface area (Å²) in [4.78, 5) is 0. The Morgan fingerprint density at radius 3 is 2.11 bits per heavy atom. The Morgan fingerprint density at radius 2 is 1.58 bits per heavy atom. The first-order chi connectivity index (χ1) is 9.11. The quantitative estimate of drug-likeness (QED) is 0.803. The molecule has 0 fully saturated rings. The summed E-state index contributed by atoms with van der Waals surface area (Å²) >= 11 is 0. The maximum Gasteiger partial charge on any atom is 0.118 e. The molecule has 2 aromatic rings. The summed E-state index contributed by atoms with van der Waals surface area (Å²) < 4.78 is 5.11. The van der Waals surface area contributed by atoms with Crippen LogP contribution in [-0.4, -0.2) is 12.6 Å². The van der Waals surface area contributed by atoms with Crippen LogP contribution in [0, 0.1) is 13.8 Å². The highest BCUT2D eigenvalue weighted by atomic mass is 31.1. The number of rotatable bonds is 3. The predicted molar refractivity (Wildman–Crippen MR) is 79.6 cm³/mol. The topological polar surface area (TPSA) is 32.3 Å². The molecule has 19 heavy (non-hydrogen) atoms. The fourth-order valence-corrected chi connectivity index (χ4v) is 2.98. The standard InChI is InChI=1S/C16H17O2P/c1-11-5-4-6-12(2)15(11)16(17)19-14-9-7-13(18-3)8-10-14/h4-10,17H,1-3H3/p-1. The first-order valence-corrected chi connectivity index (χ1v) is 6.97. The van der Waals surface area contributed by atoms with E-state index in [9.17, 15) is 5.11 Å². The van der Waals surface area contributed by atoms with Gasteiger partial charge in [-0.1, -0.05) is 26.4 Å². The van der Waals surface area contributed by atoms with E-state index >= 15 is 0 Å². The van der Waals surface area contributed by atoms with Crippen LogP contribution in [0.5, 0.6) is 5.75 Å². The van der Waals surface area contributed by atoms with Crippen LogP contribution in [-0.2, 0) is 0 Å². The molecule has 0 spiro atoms. The molecule has 0 aliphatic carbocycles. The lowest BCUT2D eigenvalue weighted by Gasteiger charge is -2.17. The highest BCUT2D eigenvalue weighted by Gasteiger charge is 2.00. The monoisotopic (exact) mass is 271 g/mol. The maximum absolute atomic E-state index is 12.4. The van der Waals surface area contributed by atoms with Crippen LogP contribution in [0.1, 0.15) is 16.7 Å². The van der Waals surface area contributed by atoms with Gasteiger partial charge in [-0.15, -0.1) is 5.48 Å². The number of aryl methyl sites for hydroxylation is 2. The fourth-order valence-electron chi connectivity index (χ4n) is 1.98. The van der Waals surface area contributed by atoms with Crippen molar-refractivity contribution < 1.29 is 9.84 Å². The van der Waals surface area contributed by atoms with E-state index in [1.165, 1.54) is 0 Å². The van der Waals surface area contributed by atoms with Crippen molar-refractivity contribution in [3.05, 3.63) is 59.2 Å². The van der Waals surface area contributed by atoms with E-state index in [0.29, 0.717) is 8.20 Å². The number of hydrogen-bond acceptors (Lipinski definition) is 2. The van der Waals surface area contributed by atoms with Gasteiger partial charge < -0.3 is 9.84 Å². The summed E-state index contributed by atoms with van der Waals surface area (Å²) in [5, 5.41) is 13.3. The summed E-state index contributed by atoms with van der Waals surface area (Å²) in [7, 11) is 2.33. The van der Waals surface area contributed by atoms with E-state index < -0.39 is 0 Å². The molecule has 0 saturated carbocycles. The van der Waals surface area contributed by atoms with Crippen molar-refractivity contribution in [1.82, 2.24) is 0 Å². The van der Waals surface area contributed by atoms with Gasteiger partial charge in [0.2, 0.25) is 0 Å². The molecule has 0 bridgehead atoms. The van der Waals surface area contributed by atoms with Crippen molar-refractivity contribution in [2.45, 2.75) is 13.8 Å². The Balaban J connectivity index is 2.37. The first kappa shape index (κ1) is 13.8. The molecule has 0 saturated heterocycles. The summed E-state index contributed by atoms with van der Waals surface area (Å²) in [6.45, 7) is 3.95. The van der Waals surface area contributed by atoms with Gasteiger partial charge >= 0.3 is 0 Å². The Morgan fingerprint density at radius 1 is 1.00 bits per heavy atom. The van der Waals surface area contributed by atoms with Crippen molar-refractivity contribution >= 4 is 19.0 Å². The zero-order chi connectivity index (χ0) is 13.8. The highest BCUT2D eigenvalue weighted by molar-refractivity contribution is 7.49. The van der Waals surface area contributed by atoms with Crippen molar-refractivity contribution in [3.8, 4) is 5.75 Å². The number of methoxy groups -OCH3 is 1. The molecule has 2 rings (SSSR count). The third-order valence-corrected chi connectivity index (χ3v) is 3.98. The van der Waals surface area contributed by atoms with Gasteiger partial charge in [0.1, 0.15) is 5.75 Å².